The molecule has 4 heteroatoms. The number of halogens is 1. The van der Waals surface area contributed by atoms with Crippen molar-refractivity contribution in [3.63, 3.8) is 0 Å². The van der Waals surface area contributed by atoms with Gasteiger partial charge in [-0.15, -0.1) is 0 Å². The highest BCUT2D eigenvalue weighted by molar-refractivity contribution is 6.30. The van der Waals surface area contributed by atoms with Gasteiger partial charge < -0.3 is 5.32 Å². The number of nitrogens with one attached hydrogen (secondary N) is 1. The minimum Gasteiger partial charge on any atom is -0.350 e. The second-order valence-electron chi connectivity index (χ2n) is 5.17. The van der Waals surface area contributed by atoms with Gasteiger partial charge in [-0.2, -0.15) is 0 Å². The standard InChI is InChI=1S/C15H21ClN2O/c1-12(18-8-3-2-4-9-18)11-17-15(19)13-6-5-7-14(16)10-13/h5-7,10,12H,2-4,8-9,11H2,1H3,(H,17,19). The summed E-state index contributed by atoms with van der Waals surface area (Å²) >= 11 is 5.89. The summed E-state index contributed by atoms with van der Waals surface area (Å²) in [4.78, 5) is 14.4. The van der Waals surface area contributed by atoms with Gasteiger partial charge in [0.15, 0.2) is 0 Å². The number of carbonyl (C=O) groups is 1. The molecule has 1 aromatic carbocycles. The SMILES string of the molecule is CC(CNC(=O)c1cccc(Cl)c1)N1CCCCC1. The van der Waals surface area contributed by atoms with Crippen molar-refractivity contribution < 1.29 is 4.79 Å². The monoisotopic (exact) mass is 280 g/mol. The number of piperidine rings is 1. The molecule has 0 aliphatic carbocycles. The highest BCUT2D eigenvalue weighted by Crippen LogP contribution is 2.12. The molecule has 1 fully saturated rings. The van der Waals surface area contributed by atoms with Gasteiger partial charge in [0.2, 0.25) is 0 Å². The summed E-state index contributed by atoms with van der Waals surface area (Å²) < 4.78 is 0. The molecule has 0 aromatic heterocycles. The molecule has 104 valence electrons. The van der Waals surface area contributed by atoms with Gasteiger partial charge in [0.25, 0.3) is 5.91 Å². The zero-order chi connectivity index (χ0) is 13.7. The summed E-state index contributed by atoms with van der Waals surface area (Å²) in [6.07, 6.45) is 3.87. The van der Waals surface area contributed by atoms with Crippen LogP contribution in [-0.4, -0.2) is 36.5 Å². The van der Waals surface area contributed by atoms with Crippen LogP contribution >= 0.6 is 11.6 Å². The Balaban J connectivity index is 1.82. The Morgan fingerprint density at radius 3 is 2.79 bits per heavy atom. The third kappa shape index (κ3) is 4.22. The van der Waals surface area contributed by atoms with Gasteiger partial charge in [0.05, 0.1) is 0 Å². The van der Waals surface area contributed by atoms with E-state index in [4.69, 9.17) is 11.6 Å². The fraction of sp³-hybridized carbons (Fsp3) is 0.533. The first-order chi connectivity index (χ1) is 9.16. The molecule has 0 bridgehead atoms. The van der Waals surface area contributed by atoms with Gasteiger partial charge in [-0.25, -0.2) is 0 Å². The lowest BCUT2D eigenvalue weighted by molar-refractivity contribution is 0.0930. The molecular weight excluding hydrogens is 260 g/mol. The Labute approximate surface area is 119 Å². The summed E-state index contributed by atoms with van der Waals surface area (Å²) in [5, 5.41) is 3.58. The summed E-state index contributed by atoms with van der Waals surface area (Å²) in [6.45, 7) is 5.15. The molecule has 1 heterocycles. The molecule has 0 saturated carbocycles. The van der Waals surface area contributed by atoms with Crippen molar-refractivity contribution in [2.45, 2.75) is 32.2 Å². The highest BCUT2D eigenvalue weighted by atomic mass is 35.5. The molecule has 1 unspecified atom stereocenters. The molecule has 1 saturated heterocycles. The van der Waals surface area contributed by atoms with Crippen molar-refractivity contribution in [3.8, 4) is 0 Å². The maximum absolute atomic E-state index is 12.0. The van der Waals surface area contributed by atoms with E-state index in [9.17, 15) is 4.79 Å². The van der Waals surface area contributed by atoms with E-state index in [1.54, 1.807) is 24.3 Å². The average Bonchev–Trinajstić information content (AvgIpc) is 2.45. The lowest BCUT2D eigenvalue weighted by Crippen LogP contribution is -2.44. The summed E-state index contributed by atoms with van der Waals surface area (Å²) in [5.41, 5.74) is 0.623. The van der Waals surface area contributed by atoms with Crippen molar-refractivity contribution in [3.05, 3.63) is 34.9 Å². The largest absolute Gasteiger partial charge is 0.350 e. The van der Waals surface area contributed by atoms with Crippen molar-refractivity contribution >= 4 is 17.5 Å². The van der Waals surface area contributed by atoms with Crippen LogP contribution < -0.4 is 5.32 Å². The van der Waals surface area contributed by atoms with Gasteiger partial charge in [-0.1, -0.05) is 24.1 Å². The highest BCUT2D eigenvalue weighted by Gasteiger charge is 2.17. The van der Waals surface area contributed by atoms with Crippen LogP contribution in [0, 0.1) is 0 Å². The van der Waals surface area contributed by atoms with Gasteiger partial charge in [0.1, 0.15) is 0 Å². The molecule has 2 rings (SSSR count). The second kappa shape index (κ2) is 6.92. The van der Waals surface area contributed by atoms with Crippen LogP contribution in [0.15, 0.2) is 24.3 Å². The Kier molecular flexibility index (Phi) is 5.23. The topological polar surface area (TPSA) is 32.3 Å². The van der Waals surface area contributed by atoms with Crippen LogP contribution in [0.5, 0.6) is 0 Å². The molecule has 1 aliphatic heterocycles. The van der Waals surface area contributed by atoms with E-state index in [-0.39, 0.29) is 5.91 Å². The third-order valence-corrected chi connectivity index (χ3v) is 3.89. The molecule has 3 nitrogen and oxygen atoms in total. The van der Waals surface area contributed by atoms with Crippen LogP contribution in [0.2, 0.25) is 5.02 Å². The number of hydrogen-bond acceptors (Lipinski definition) is 2. The van der Waals surface area contributed by atoms with Crippen LogP contribution in [0.25, 0.3) is 0 Å². The number of nitrogens with zero attached hydrogens (tertiary/aromatic N) is 1. The Morgan fingerprint density at radius 1 is 1.37 bits per heavy atom. The van der Waals surface area contributed by atoms with Crippen molar-refractivity contribution in [1.29, 1.82) is 0 Å². The van der Waals surface area contributed by atoms with E-state index in [1.807, 2.05) is 0 Å². The van der Waals surface area contributed by atoms with E-state index in [0.717, 1.165) is 13.1 Å². The average molecular weight is 281 g/mol. The number of rotatable bonds is 4. The molecular formula is C15H21ClN2O. The van der Waals surface area contributed by atoms with Crippen LogP contribution in [0.3, 0.4) is 0 Å². The Hall–Kier alpha value is -1.06. The zero-order valence-electron chi connectivity index (χ0n) is 11.4. The van der Waals surface area contributed by atoms with Gasteiger partial charge in [-0.05, 0) is 51.1 Å². The number of amides is 1. The molecule has 1 N–H and O–H groups in total. The van der Waals surface area contributed by atoms with Gasteiger partial charge >= 0.3 is 0 Å². The molecule has 1 atom stereocenters. The molecule has 1 amide bonds. The lowest BCUT2D eigenvalue weighted by atomic mass is 10.1. The number of carbonyl (C=O) groups excluding carboxylic acids is 1. The van der Waals surface area contributed by atoms with Crippen molar-refractivity contribution in [2.24, 2.45) is 0 Å². The van der Waals surface area contributed by atoms with Crippen LogP contribution in [0.4, 0.5) is 0 Å². The van der Waals surface area contributed by atoms with Crippen molar-refractivity contribution in [1.82, 2.24) is 10.2 Å². The van der Waals surface area contributed by atoms with E-state index in [0.29, 0.717) is 23.2 Å². The fourth-order valence-electron chi connectivity index (χ4n) is 2.46. The van der Waals surface area contributed by atoms with E-state index < -0.39 is 0 Å². The molecule has 0 radical (unpaired) electrons. The fourth-order valence-corrected chi connectivity index (χ4v) is 2.65. The van der Waals surface area contributed by atoms with E-state index in [2.05, 4.69) is 17.1 Å². The smallest absolute Gasteiger partial charge is 0.251 e. The number of likely N-dealkylation sites (tertiary alicyclic amines) is 1. The first kappa shape index (κ1) is 14.4. The predicted molar refractivity (Wildman–Crippen MR) is 78.7 cm³/mol. The first-order valence-corrected chi connectivity index (χ1v) is 7.32. The quantitative estimate of drug-likeness (QED) is 0.920. The Bertz CT molecular complexity index is 430. The second-order valence-corrected chi connectivity index (χ2v) is 5.60. The third-order valence-electron chi connectivity index (χ3n) is 3.66. The predicted octanol–water partition coefficient (Wildman–Crippen LogP) is 2.94. The molecule has 0 spiro atoms. The van der Waals surface area contributed by atoms with Crippen LogP contribution in [0.1, 0.15) is 36.5 Å². The van der Waals surface area contributed by atoms with Crippen LogP contribution in [-0.2, 0) is 0 Å². The number of benzene rings is 1. The molecule has 1 aromatic rings. The molecule has 1 aliphatic rings. The maximum atomic E-state index is 12.0. The van der Waals surface area contributed by atoms with E-state index in [1.165, 1.54) is 19.3 Å². The summed E-state index contributed by atoms with van der Waals surface area (Å²) in [6, 6.07) is 7.44. The van der Waals surface area contributed by atoms with Gasteiger partial charge in [-0.3, -0.25) is 9.69 Å². The van der Waals surface area contributed by atoms with Gasteiger partial charge in [0, 0.05) is 23.2 Å². The maximum Gasteiger partial charge on any atom is 0.251 e. The summed E-state index contributed by atoms with van der Waals surface area (Å²) in [5.74, 6) is -0.0497. The molecule has 19 heavy (non-hydrogen) atoms. The zero-order valence-corrected chi connectivity index (χ0v) is 12.1. The number of hydrogen-bond donors (Lipinski definition) is 1. The lowest BCUT2D eigenvalue weighted by Gasteiger charge is -2.32. The van der Waals surface area contributed by atoms with E-state index >= 15 is 0 Å². The van der Waals surface area contributed by atoms with Crippen molar-refractivity contribution in [2.75, 3.05) is 19.6 Å². The normalized spacial score (nSPS) is 18.0. The minimum absolute atomic E-state index is 0.0497. The minimum atomic E-state index is -0.0497. The Morgan fingerprint density at radius 2 is 2.11 bits per heavy atom. The summed E-state index contributed by atoms with van der Waals surface area (Å²) in [7, 11) is 0. The first-order valence-electron chi connectivity index (χ1n) is 6.94.